The third-order valence-corrected chi connectivity index (χ3v) is 5.69. The Bertz CT molecular complexity index is 883. The molecule has 1 fully saturated rings. The Morgan fingerprint density at radius 2 is 1.87 bits per heavy atom. The molecular weight excluding hydrogens is 394 g/mol. The van der Waals surface area contributed by atoms with Crippen LogP contribution in [0.4, 0.5) is 4.79 Å². The SMILES string of the molecule is COc1cccc(CNC(=O)N[C@@H](Cc2ccc3c(c2)OCCO3)CN2CCCC2)c1. The molecule has 2 heterocycles. The molecular formula is C24H31N3O4. The number of carbonyl (C=O) groups is 1. The van der Waals surface area contributed by atoms with E-state index in [2.05, 4.69) is 21.6 Å². The minimum absolute atomic E-state index is 0.00553. The van der Waals surface area contributed by atoms with E-state index in [4.69, 9.17) is 14.2 Å². The van der Waals surface area contributed by atoms with Gasteiger partial charge in [0.2, 0.25) is 0 Å². The molecule has 0 bridgehead atoms. The van der Waals surface area contributed by atoms with Gasteiger partial charge in [-0.15, -0.1) is 0 Å². The molecule has 2 aromatic carbocycles. The lowest BCUT2D eigenvalue weighted by molar-refractivity contribution is 0.171. The first-order valence-electron chi connectivity index (χ1n) is 11.0. The van der Waals surface area contributed by atoms with Gasteiger partial charge in [0.15, 0.2) is 11.5 Å². The lowest BCUT2D eigenvalue weighted by Crippen LogP contribution is -2.48. The van der Waals surface area contributed by atoms with Crippen LogP contribution < -0.4 is 24.8 Å². The molecule has 7 nitrogen and oxygen atoms in total. The minimum Gasteiger partial charge on any atom is -0.497 e. The smallest absolute Gasteiger partial charge is 0.315 e. The zero-order valence-corrected chi connectivity index (χ0v) is 18.1. The second-order valence-electron chi connectivity index (χ2n) is 8.07. The van der Waals surface area contributed by atoms with Crippen LogP contribution in [0.2, 0.25) is 0 Å². The van der Waals surface area contributed by atoms with E-state index < -0.39 is 0 Å². The summed E-state index contributed by atoms with van der Waals surface area (Å²) >= 11 is 0. The second kappa shape index (κ2) is 10.4. The molecule has 0 radical (unpaired) electrons. The predicted molar refractivity (Wildman–Crippen MR) is 119 cm³/mol. The van der Waals surface area contributed by atoms with E-state index in [0.717, 1.165) is 54.4 Å². The second-order valence-corrected chi connectivity index (χ2v) is 8.07. The Morgan fingerprint density at radius 1 is 1.06 bits per heavy atom. The minimum atomic E-state index is -0.162. The number of ether oxygens (including phenoxy) is 3. The van der Waals surface area contributed by atoms with E-state index in [1.807, 2.05) is 36.4 Å². The topological polar surface area (TPSA) is 72.1 Å². The molecule has 0 aromatic heterocycles. The number of nitrogens with one attached hydrogen (secondary N) is 2. The number of amides is 2. The highest BCUT2D eigenvalue weighted by Crippen LogP contribution is 2.31. The summed E-state index contributed by atoms with van der Waals surface area (Å²) in [6, 6.07) is 13.6. The van der Waals surface area contributed by atoms with E-state index in [0.29, 0.717) is 19.8 Å². The summed E-state index contributed by atoms with van der Waals surface area (Å²) in [6.45, 7) is 4.61. The summed E-state index contributed by atoms with van der Waals surface area (Å²) < 4.78 is 16.6. The Morgan fingerprint density at radius 3 is 2.68 bits per heavy atom. The van der Waals surface area contributed by atoms with Crippen molar-refractivity contribution >= 4 is 6.03 Å². The average Bonchev–Trinajstić information content (AvgIpc) is 3.31. The van der Waals surface area contributed by atoms with Gasteiger partial charge in [0.1, 0.15) is 19.0 Å². The number of rotatable bonds is 8. The van der Waals surface area contributed by atoms with Gasteiger partial charge in [-0.05, 0) is 67.7 Å². The van der Waals surface area contributed by atoms with Crippen LogP contribution >= 0.6 is 0 Å². The summed E-state index contributed by atoms with van der Waals surface area (Å²) in [7, 11) is 1.64. The van der Waals surface area contributed by atoms with Crippen molar-refractivity contribution in [3.05, 3.63) is 53.6 Å². The molecule has 2 aliphatic rings. The van der Waals surface area contributed by atoms with E-state index in [1.54, 1.807) is 7.11 Å². The number of fused-ring (bicyclic) bond motifs is 1. The Labute approximate surface area is 183 Å². The third kappa shape index (κ3) is 6.04. The van der Waals surface area contributed by atoms with Crippen LogP contribution in [0.25, 0.3) is 0 Å². The van der Waals surface area contributed by atoms with Gasteiger partial charge < -0.3 is 29.7 Å². The highest BCUT2D eigenvalue weighted by atomic mass is 16.6. The molecule has 4 rings (SSSR count). The van der Waals surface area contributed by atoms with E-state index >= 15 is 0 Å². The first kappa shape index (κ1) is 21.3. The van der Waals surface area contributed by atoms with Gasteiger partial charge in [-0.25, -0.2) is 4.79 Å². The van der Waals surface area contributed by atoms with Crippen LogP contribution in [0, 0.1) is 0 Å². The maximum absolute atomic E-state index is 12.7. The van der Waals surface area contributed by atoms with Crippen molar-refractivity contribution in [2.75, 3.05) is 40.0 Å². The number of urea groups is 1. The molecule has 0 unspecified atom stereocenters. The molecule has 7 heteroatoms. The fourth-order valence-corrected chi connectivity index (χ4v) is 4.14. The maximum atomic E-state index is 12.7. The van der Waals surface area contributed by atoms with E-state index in [-0.39, 0.29) is 12.1 Å². The van der Waals surface area contributed by atoms with Crippen LogP contribution in [-0.4, -0.2) is 56.9 Å². The number of methoxy groups -OCH3 is 1. The molecule has 0 spiro atoms. The number of hydrogen-bond donors (Lipinski definition) is 2. The average molecular weight is 426 g/mol. The van der Waals surface area contributed by atoms with Crippen molar-refractivity contribution in [1.29, 1.82) is 0 Å². The molecule has 0 saturated carbocycles. The number of hydrogen-bond acceptors (Lipinski definition) is 5. The predicted octanol–water partition coefficient (Wildman–Crippen LogP) is 2.97. The van der Waals surface area contributed by atoms with Crippen molar-refractivity contribution in [3.8, 4) is 17.2 Å². The molecule has 166 valence electrons. The zero-order chi connectivity index (χ0) is 21.5. The highest BCUT2D eigenvalue weighted by Gasteiger charge is 2.21. The highest BCUT2D eigenvalue weighted by molar-refractivity contribution is 5.74. The number of carbonyl (C=O) groups excluding carboxylic acids is 1. The lowest BCUT2D eigenvalue weighted by Gasteiger charge is -2.25. The quantitative estimate of drug-likeness (QED) is 0.680. The summed E-state index contributed by atoms with van der Waals surface area (Å²) in [4.78, 5) is 15.1. The molecule has 1 saturated heterocycles. The number of nitrogens with zero attached hydrogens (tertiary/aromatic N) is 1. The number of likely N-dealkylation sites (tertiary alicyclic amines) is 1. The van der Waals surface area contributed by atoms with Gasteiger partial charge in [0.25, 0.3) is 0 Å². The molecule has 2 amide bonds. The molecule has 2 aliphatic heterocycles. The monoisotopic (exact) mass is 425 g/mol. The number of benzene rings is 2. The first-order chi connectivity index (χ1) is 15.2. The Balaban J connectivity index is 1.37. The van der Waals surface area contributed by atoms with Crippen molar-refractivity contribution in [2.45, 2.75) is 31.8 Å². The standard InChI is InChI=1S/C24H31N3O4/c1-29-21-6-4-5-19(14-21)16-25-24(28)26-20(17-27-9-2-3-10-27)13-18-7-8-22-23(15-18)31-12-11-30-22/h4-8,14-15,20H,2-3,9-13,16-17H2,1H3,(H2,25,26,28)/t20-/m0/s1. The summed E-state index contributed by atoms with van der Waals surface area (Å²) in [6.07, 6.45) is 3.18. The van der Waals surface area contributed by atoms with Crippen LogP contribution in [0.1, 0.15) is 24.0 Å². The Hall–Kier alpha value is -2.93. The van der Waals surface area contributed by atoms with Crippen LogP contribution in [0.5, 0.6) is 17.2 Å². The van der Waals surface area contributed by atoms with Crippen LogP contribution in [-0.2, 0) is 13.0 Å². The maximum Gasteiger partial charge on any atom is 0.315 e. The van der Waals surface area contributed by atoms with Gasteiger partial charge in [-0.1, -0.05) is 18.2 Å². The van der Waals surface area contributed by atoms with Crippen molar-refractivity contribution in [1.82, 2.24) is 15.5 Å². The summed E-state index contributed by atoms with van der Waals surface area (Å²) in [5.74, 6) is 2.35. The van der Waals surface area contributed by atoms with E-state index in [1.165, 1.54) is 12.8 Å². The van der Waals surface area contributed by atoms with Crippen LogP contribution in [0.15, 0.2) is 42.5 Å². The summed E-state index contributed by atoms with van der Waals surface area (Å²) in [5, 5.41) is 6.15. The lowest BCUT2D eigenvalue weighted by atomic mass is 10.0. The summed E-state index contributed by atoms with van der Waals surface area (Å²) in [5.41, 5.74) is 2.12. The van der Waals surface area contributed by atoms with Gasteiger partial charge in [-0.3, -0.25) is 0 Å². The largest absolute Gasteiger partial charge is 0.497 e. The fraction of sp³-hybridized carbons (Fsp3) is 0.458. The van der Waals surface area contributed by atoms with Gasteiger partial charge >= 0.3 is 6.03 Å². The van der Waals surface area contributed by atoms with Crippen molar-refractivity contribution < 1.29 is 19.0 Å². The van der Waals surface area contributed by atoms with Crippen molar-refractivity contribution in [3.63, 3.8) is 0 Å². The molecule has 2 N–H and O–H groups in total. The molecule has 0 aliphatic carbocycles. The van der Waals surface area contributed by atoms with Crippen molar-refractivity contribution in [2.24, 2.45) is 0 Å². The van der Waals surface area contributed by atoms with E-state index in [9.17, 15) is 4.79 Å². The normalized spacial score (nSPS) is 16.5. The van der Waals surface area contributed by atoms with Gasteiger partial charge in [0.05, 0.1) is 7.11 Å². The molecule has 31 heavy (non-hydrogen) atoms. The molecule has 2 aromatic rings. The third-order valence-electron chi connectivity index (χ3n) is 5.69. The van der Waals surface area contributed by atoms with Crippen LogP contribution in [0.3, 0.4) is 0 Å². The zero-order valence-electron chi connectivity index (χ0n) is 18.1. The molecule has 1 atom stereocenters. The van der Waals surface area contributed by atoms with Gasteiger partial charge in [-0.2, -0.15) is 0 Å². The Kier molecular flexibility index (Phi) is 7.14. The first-order valence-corrected chi connectivity index (χ1v) is 11.0. The fourth-order valence-electron chi connectivity index (χ4n) is 4.14. The van der Waals surface area contributed by atoms with Gasteiger partial charge in [0, 0.05) is 19.1 Å².